The first-order valence-corrected chi connectivity index (χ1v) is 8.84. The van der Waals surface area contributed by atoms with Gasteiger partial charge < -0.3 is 5.11 Å². The molecule has 116 valence electrons. The first-order valence-electron chi connectivity index (χ1n) is 5.04. The van der Waals surface area contributed by atoms with Gasteiger partial charge in [-0.15, -0.1) is 11.8 Å². The lowest BCUT2D eigenvalue weighted by atomic mass is 10.2. The first kappa shape index (κ1) is 19.9. The maximum absolute atomic E-state index is 10.5. The van der Waals surface area contributed by atoms with Crippen LogP contribution in [-0.4, -0.2) is 22.6 Å². The lowest BCUT2D eigenvalue weighted by molar-refractivity contribution is -0.133. The van der Waals surface area contributed by atoms with Crippen LogP contribution in [0.3, 0.4) is 0 Å². The fourth-order valence-corrected chi connectivity index (χ4v) is 3.91. The second-order valence-electron chi connectivity index (χ2n) is 3.55. The lowest BCUT2D eigenvalue weighted by Gasteiger charge is -2.13. The number of hydrogen-bond acceptors (Lipinski definition) is 2. The van der Waals surface area contributed by atoms with E-state index in [1.807, 2.05) is 0 Å². The van der Waals surface area contributed by atoms with Gasteiger partial charge in [0.25, 0.3) is 0 Å². The van der Waals surface area contributed by atoms with Gasteiger partial charge in [0.15, 0.2) is 0 Å². The molecule has 0 atom stereocenters. The molecule has 0 heterocycles. The van der Waals surface area contributed by atoms with Crippen molar-refractivity contribution in [1.82, 2.24) is 0 Å². The van der Waals surface area contributed by atoms with Crippen molar-refractivity contribution in [3.05, 3.63) is 35.7 Å². The van der Waals surface area contributed by atoms with Gasteiger partial charge in [-0.25, -0.2) is 0 Å². The van der Waals surface area contributed by atoms with Crippen LogP contribution < -0.4 is 0 Å². The van der Waals surface area contributed by atoms with E-state index in [9.17, 15) is 4.79 Å². The molecule has 0 radical (unpaired) electrons. The monoisotopic (exact) mass is 446 g/mol. The van der Waals surface area contributed by atoms with Crippen molar-refractivity contribution in [2.24, 2.45) is 0 Å². The summed E-state index contributed by atoms with van der Waals surface area (Å²) in [4.78, 5) is 10.5. The summed E-state index contributed by atoms with van der Waals surface area (Å²) >= 11 is 43.1. The van der Waals surface area contributed by atoms with Crippen molar-refractivity contribution in [2.75, 3.05) is 11.5 Å². The van der Waals surface area contributed by atoms with Crippen molar-refractivity contribution in [2.45, 2.75) is 0 Å². The topological polar surface area (TPSA) is 37.3 Å². The standard InChI is InChI=1S/C11H5Cl7O2S/c12-3(1-21-2-4(19)20)6(13)5-7(14)9(16)11(18)10(17)8(5)15/h1-2H2,(H,19,20)/b6-3+. The van der Waals surface area contributed by atoms with Gasteiger partial charge in [0.1, 0.15) is 0 Å². The third-order valence-corrected chi connectivity index (χ3v) is 6.34. The Bertz CT molecular complexity index is 586. The summed E-state index contributed by atoms with van der Waals surface area (Å²) in [6, 6.07) is 0. The molecule has 1 N–H and O–H groups in total. The average Bonchev–Trinajstić information content (AvgIpc) is 2.42. The largest absolute Gasteiger partial charge is 0.481 e. The molecule has 0 spiro atoms. The van der Waals surface area contributed by atoms with Crippen LogP contribution in [0.1, 0.15) is 5.56 Å². The Kier molecular flexibility index (Phi) is 8.13. The van der Waals surface area contributed by atoms with Gasteiger partial charge >= 0.3 is 5.97 Å². The highest BCUT2D eigenvalue weighted by Crippen LogP contribution is 2.48. The van der Waals surface area contributed by atoms with Gasteiger partial charge in [0.2, 0.25) is 0 Å². The third-order valence-electron chi connectivity index (χ3n) is 2.12. The Morgan fingerprint density at radius 1 is 0.857 bits per heavy atom. The molecule has 1 aromatic carbocycles. The smallest absolute Gasteiger partial charge is 0.313 e. The van der Waals surface area contributed by atoms with Crippen molar-refractivity contribution in [3.8, 4) is 0 Å². The molecule has 21 heavy (non-hydrogen) atoms. The molecule has 0 amide bonds. The molecule has 1 aromatic rings. The summed E-state index contributed by atoms with van der Waals surface area (Å²) in [5, 5.41) is 8.82. The van der Waals surface area contributed by atoms with Crippen LogP contribution >= 0.6 is 93.0 Å². The summed E-state index contributed by atoms with van der Waals surface area (Å²) < 4.78 is 0. The van der Waals surface area contributed by atoms with E-state index in [2.05, 4.69) is 0 Å². The molecule has 0 aromatic heterocycles. The summed E-state index contributed by atoms with van der Waals surface area (Å²) in [7, 11) is 0. The maximum Gasteiger partial charge on any atom is 0.313 e. The molecule has 0 saturated carbocycles. The minimum atomic E-state index is -0.964. The number of carboxylic acids is 1. The summed E-state index contributed by atoms with van der Waals surface area (Å²) in [5.41, 5.74) is 0.153. The van der Waals surface area contributed by atoms with Crippen molar-refractivity contribution in [1.29, 1.82) is 0 Å². The van der Waals surface area contributed by atoms with E-state index < -0.39 is 5.97 Å². The molecule has 0 aliphatic rings. The molecule has 2 nitrogen and oxygen atoms in total. The quantitative estimate of drug-likeness (QED) is 0.392. The number of rotatable bonds is 5. The second kappa shape index (κ2) is 8.60. The fraction of sp³-hybridized carbons (Fsp3) is 0.182. The summed E-state index contributed by atoms with van der Waals surface area (Å²) in [6.07, 6.45) is 0. The van der Waals surface area contributed by atoms with Crippen LogP contribution in [0, 0.1) is 0 Å². The molecule has 0 aliphatic heterocycles. The minimum Gasteiger partial charge on any atom is -0.481 e. The Labute approximate surface area is 160 Å². The second-order valence-corrected chi connectivity index (χ2v) is 7.26. The third kappa shape index (κ3) is 4.89. The van der Waals surface area contributed by atoms with E-state index in [1.165, 1.54) is 0 Å². The Balaban J connectivity index is 3.23. The van der Waals surface area contributed by atoms with E-state index in [1.54, 1.807) is 0 Å². The fourth-order valence-electron chi connectivity index (χ4n) is 1.22. The lowest BCUT2D eigenvalue weighted by Crippen LogP contribution is -1.99. The summed E-state index contributed by atoms with van der Waals surface area (Å²) in [5.74, 6) is -0.921. The molecule has 0 fully saturated rings. The molecule has 0 aliphatic carbocycles. The molecule has 10 heteroatoms. The van der Waals surface area contributed by atoms with Crippen LogP contribution in [0.15, 0.2) is 5.03 Å². The van der Waals surface area contributed by atoms with Crippen molar-refractivity contribution >= 4 is 104 Å². The first-order chi connectivity index (χ1) is 9.68. The number of halogens is 7. The van der Waals surface area contributed by atoms with Crippen molar-refractivity contribution < 1.29 is 9.90 Å². The molecule has 0 saturated heterocycles. The zero-order chi connectivity index (χ0) is 16.3. The van der Waals surface area contributed by atoms with Crippen LogP contribution in [0.2, 0.25) is 25.1 Å². The maximum atomic E-state index is 10.5. The Morgan fingerprint density at radius 3 is 1.71 bits per heavy atom. The molecular formula is C11H5Cl7O2S. The summed E-state index contributed by atoms with van der Waals surface area (Å²) in [6.45, 7) is 0. The van der Waals surface area contributed by atoms with Gasteiger partial charge in [-0.1, -0.05) is 81.2 Å². The predicted octanol–water partition coefficient (Wildman–Crippen LogP) is 6.92. The van der Waals surface area contributed by atoms with Gasteiger partial charge in [-0.3, -0.25) is 4.79 Å². The van der Waals surface area contributed by atoms with Crippen LogP contribution in [0.5, 0.6) is 0 Å². The van der Waals surface area contributed by atoms with Gasteiger partial charge in [0, 0.05) is 16.3 Å². The number of carbonyl (C=O) groups is 1. The highest BCUT2D eigenvalue weighted by molar-refractivity contribution is 8.00. The molecule has 0 unspecified atom stereocenters. The van der Waals surface area contributed by atoms with E-state index in [-0.39, 0.29) is 52.2 Å². The molecule has 1 rings (SSSR count). The van der Waals surface area contributed by atoms with Gasteiger partial charge in [-0.05, 0) is 0 Å². The number of benzene rings is 1. The number of hydrogen-bond donors (Lipinski definition) is 1. The van der Waals surface area contributed by atoms with Crippen LogP contribution in [0.25, 0.3) is 5.03 Å². The number of carboxylic acid groups (broad SMARTS) is 1. The number of aliphatic carboxylic acids is 1. The zero-order valence-electron chi connectivity index (χ0n) is 9.82. The average molecular weight is 449 g/mol. The Hall–Kier alpha value is 0.810. The molecule has 0 bridgehead atoms. The van der Waals surface area contributed by atoms with Crippen molar-refractivity contribution in [3.63, 3.8) is 0 Å². The van der Waals surface area contributed by atoms with E-state index in [4.69, 9.17) is 86.3 Å². The highest BCUT2D eigenvalue weighted by Gasteiger charge is 2.22. The number of thioether (sulfide) groups is 1. The zero-order valence-corrected chi connectivity index (χ0v) is 15.9. The van der Waals surface area contributed by atoms with Gasteiger partial charge in [0.05, 0.1) is 35.9 Å². The minimum absolute atomic E-state index is 0.00328. The SMILES string of the molecule is O=C(O)CSC/C(Cl)=C(\Cl)c1c(Cl)c(Cl)c(Cl)c(Cl)c1Cl. The van der Waals surface area contributed by atoms with E-state index in [0.717, 1.165) is 11.8 Å². The highest BCUT2D eigenvalue weighted by atomic mass is 35.5. The predicted molar refractivity (Wildman–Crippen MR) is 95.1 cm³/mol. The van der Waals surface area contributed by atoms with Crippen LogP contribution in [-0.2, 0) is 4.79 Å². The molecular weight excluding hydrogens is 444 g/mol. The van der Waals surface area contributed by atoms with Gasteiger partial charge in [-0.2, -0.15) is 0 Å². The van der Waals surface area contributed by atoms with E-state index >= 15 is 0 Å². The van der Waals surface area contributed by atoms with Crippen LogP contribution in [0.4, 0.5) is 0 Å². The normalized spacial score (nSPS) is 12.3. The van der Waals surface area contributed by atoms with E-state index in [0.29, 0.717) is 0 Å². The Morgan fingerprint density at radius 2 is 1.29 bits per heavy atom.